The molecule has 0 bridgehead atoms. The van der Waals surface area contributed by atoms with Crippen LogP contribution in [-0.4, -0.2) is 54.1 Å². The second-order valence-electron chi connectivity index (χ2n) is 8.27. The van der Waals surface area contributed by atoms with Gasteiger partial charge in [-0.2, -0.15) is 0 Å². The Morgan fingerprint density at radius 2 is 1.46 bits per heavy atom. The van der Waals surface area contributed by atoms with Gasteiger partial charge in [-0.05, 0) is 57.7 Å². The molecule has 0 aromatic rings. The number of rotatable bonds is 7. The van der Waals surface area contributed by atoms with E-state index >= 15 is 0 Å². The van der Waals surface area contributed by atoms with Crippen LogP contribution in [0.2, 0.25) is 0 Å². The molecule has 0 amide bonds. The van der Waals surface area contributed by atoms with E-state index in [0.29, 0.717) is 6.04 Å². The van der Waals surface area contributed by atoms with Gasteiger partial charge in [0.15, 0.2) is 0 Å². The predicted octanol–water partition coefficient (Wildman–Crippen LogP) is 3.04. The molecule has 0 saturated carbocycles. The van der Waals surface area contributed by atoms with Gasteiger partial charge in [0.2, 0.25) is 0 Å². The van der Waals surface area contributed by atoms with E-state index in [1.54, 1.807) is 0 Å². The van der Waals surface area contributed by atoms with E-state index in [9.17, 15) is 0 Å². The van der Waals surface area contributed by atoms with E-state index in [-0.39, 0.29) is 37.0 Å². The largest absolute Gasteiger partial charge is 1.00 e. The molecule has 1 saturated heterocycles. The average molecular weight is 389 g/mol. The standard InChI is InChI=1S/C18H37N4.C4H8O.Li/c1-10-11-12-17(19-13(2)3)22(16(8)9)18(20-14(4)5)21-15(6)7;1-2-4-5-3-1;/h13-16H,10-12H2,1-9H3;1-4H2;/q-1;;+1. The van der Waals surface area contributed by atoms with Crippen LogP contribution in [0.5, 0.6) is 0 Å². The monoisotopic (exact) mass is 388 g/mol. The van der Waals surface area contributed by atoms with Gasteiger partial charge in [-0.1, -0.05) is 54.9 Å². The first-order valence-corrected chi connectivity index (χ1v) is 10.9. The molecule has 1 aliphatic heterocycles. The molecule has 5 nitrogen and oxygen atoms in total. The molecule has 1 aliphatic rings. The van der Waals surface area contributed by atoms with Gasteiger partial charge < -0.3 is 19.9 Å². The zero-order chi connectivity index (χ0) is 20.8. The van der Waals surface area contributed by atoms with Crippen molar-refractivity contribution in [2.24, 2.45) is 9.98 Å². The van der Waals surface area contributed by atoms with Crippen molar-refractivity contribution < 1.29 is 23.6 Å². The SMILES string of the molecule is C1CCOC1.CCCCC(=NC(C)C)N(C(=NC(C)C)[N-]C(C)C)C(C)C.[Li+]. The Bertz CT molecular complexity index is 423. The van der Waals surface area contributed by atoms with Crippen molar-refractivity contribution in [2.75, 3.05) is 13.2 Å². The summed E-state index contributed by atoms with van der Waals surface area (Å²) in [4.78, 5) is 11.9. The van der Waals surface area contributed by atoms with E-state index in [1.807, 2.05) is 0 Å². The molecule has 0 unspecified atom stereocenters. The minimum Gasteiger partial charge on any atom is -0.391 e. The molecule has 1 rings (SSSR count). The number of hydrogen-bond acceptors (Lipinski definition) is 3. The maximum absolute atomic E-state index is 4.94. The average Bonchev–Trinajstić information content (AvgIpc) is 3.10. The van der Waals surface area contributed by atoms with Crippen molar-refractivity contribution in [1.82, 2.24) is 4.90 Å². The molecule has 0 aliphatic carbocycles. The Morgan fingerprint density at radius 1 is 0.929 bits per heavy atom. The van der Waals surface area contributed by atoms with E-state index in [1.165, 1.54) is 19.3 Å². The van der Waals surface area contributed by atoms with Crippen LogP contribution >= 0.6 is 0 Å². The summed E-state index contributed by atoms with van der Waals surface area (Å²) in [6.45, 7) is 21.2. The van der Waals surface area contributed by atoms with Gasteiger partial charge in [0, 0.05) is 31.1 Å². The Balaban J connectivity index is 0. The predicted molar refractivity (Wildman–Crippen MR) is 120 cm³/mol. The summed E-state index contributed by atoms with van der Waals surface area (Å²) in [6, 6.07) is 1.04. The molecule has 0 N–H and O–H groups in total. The molecule has 1 heterocycles. The van der Waals surface area contributed by atoms with Crippen molar-refractivity contribution >= 4 is 11.8 Å². The number of guanidine groups is 1. The molecule has 28 heavy (non-hydrogen) atoms. The molecular weight excluding hydrogens is 343 g/mol. The van der Waals surface area contributed by atoms with Gasteiger partial charge in [-0.3, -0.25) is 4.99 Å². The third-order valence-electron chi connectivity index (χ3n) is 3.75. The van der Waals surface area contributed by atoms with Crippen LogP contribution in [0.25, 0.3) is 5.32 Å². The summed E-state index contributed by atoms with van der Waals surface area (Å²) in [6.07, 6.45) is 5.85. The summed E-state index contributed by atoms with van der Waals surface area (Å²) in [5, 5.41) is 4.77. The van der Waals surface area contributed by atoms with E-state index < -0.39 is 0 Å². The maximum Gasteiger partial charge on any atom is 1.00 e. The van der Waals surface area contributed by atoms with Gasteiger partial charge >= 0.3 is 18.9 Å². The molecule has 160 valence electrons. The molecule has 0 aromatic carbocycles. The minimum atomic E-state index is 0. The minimum absolute atomic E-state index is 0. The fourth-order valence-corrected chi connectivity index (χ4v) is 2.65. The number of amidine groups is 1. The molecule has 1 fully saturated rings. The van der Waals surface area contributed by atoms with Gasteiger partial charge in [0.05, 0.1) is 0 Å². The van der Waals surface area contributed by atoms with Gasteiger partial charge in [-0.15, -0.1) is 0 Å². The third-order valence-corrected chi connectivity index (χ3v) is 3.75. The second kappa shape index (κ2) is 17.4. The molecule has 0 aromatic heterocycles. The quantitative estimate of drug-likeness (QED) is 0.382. The topological polar surface area (TPSA) is 51.3 Å². The number of aliphatic imine (C=N–C) groups is 2. The maximum atomic E-state index is 4.94. The summed E-state index contributed by atoms with van der Waals surface area (Å²) in [5.41, 5.74) is 0. The van der Waals surface area contributed by atoms with Crippen LogP contribution in [0.15, 0.2) is 9.98 Å². The van der Waals surface area contributed by atoms with Crippen LogP contribution in [0.1, 0.15) is 94.4 Å². The summed E-state index contributed by atoms with van der Waals surface area (Å²) >= 11 is 0. The Kier molecular flexibility index (Phi) is 18.4. The first-order valence-electron chi connectivity index (χ1n) is 10.9. The number of unbranched alkanes of at least 4 members (excludes halogenated alkanes) is 1. The zero-order valence-corrected chi connectivity index (χ0v) is 20.5. The van der Waals surface area contributed by atoms with Crippen molar-refractivity contribution in [3.8, 4) is 0 Å². The number of hydrogen-bond donors (Lipinski definition) is 0. The number of nitrogens with zero attached hydrogens (tertiary/aromatic N) is 4. The van der Waals surface area contributed by atoms with Crippen molar-refractivity contribution in [3.63, 3.8) is 0 Å². The first kappa shape index (κ1) is 29.7. The van der Waals surface area contributed by atoms with Crippen LogP contribution in [0.3, 0.4) is 0 Å². The van der Waals surface area contributed by atoms with Gasteiger partial charge in [0.1, 0.15) is 0 Å². The molecule has 0 radical (unpaired) electrons. The van der Waals surface area contributed by atoms with E-state index in [2.05, 4.69) is 67.2 Å². The molecule has 0 atom stereocenters. The van der Waals surface area contributed by atoms with Crippen LogP contribution in [0.4, 0.5) is 0 Å². The molecular formula is C22H45LiN4O. The summed E-state index contributed by atoms with van der Waals surface area (Å²) < 4.78 is 4.94. The fraction of sp³-hybridized carbons (Fsp3) is 0.909. The van der Waals surface area contributed by atoms with E-state index in [0.717, 1.165) is 37.9 Å². The first-order chi connectivity index (χ1) is 12.7. The Labute approximate surface area is 187 Å². The smallest absolute Gasteiger partial charge is 0.391 e. The molecule has 6 heteroatoms. The van der Waals surface area contributed by atoms with Crippen molar-refractivity contribution in [1.29, 1.82) is 0 Å². The van der Waals surface area contributed by atoms with Gasteiger partial charge in [-0.25, -0.2) is 0 Å². The van der Waals surface area contributed by atoms with Crippen molar-refractivity contribution in [2.45, 2.75) is 119 Å². The second-order valence-corrected chi connectivity index (χ2v) is 8.27. The summed E-state index contributed by atoms with van der Waals surface area (Å²) in [5.74, 6) is 1.95. The third kappa shape index (κ3) is 14.5. The Hall–Kier alpha value is -0.503. The van der Waals surface area contributed by atoms with E-state index in [4.69, 9.17) is 20.0 Å². The zero-order valence-electron chi connectivity index (χ0n) is 20.5. The van der Waals surface area contributed by atoms with Crippen molar-refractivity contribution in [3.05, 3.63) is 5.32 Å². The van der Waals surface area contributed by atoms with Crippen LogP contribution in [0, 0.1) is 0 Å². The van der Waals surface area contributed by atoms with Crippen LogP contribution < -0.4 is 18.9 Å². The number of ether oxygens (including phenoxy) is 1. The fourth-order valence-electron chi connectivity index (χ4n) is 2.65. The van der Waals surface area contributed by atoms with Crippen LogP contribution in [-0.2, 0) is 4.74 Å². The Morgan fingerprint density at radius 3 is 1.79 bits per heavy atom. The van der Waals surface area contributed by atoms with Gasteiger partial charge in [0.25, 0.3) is 0 Å². The summed E-state index contributed by atoms with van der Waals surface area (Å²) in [7, 11) is 0. The molecule has 0 spiro atoms. The normalized spacial score (nSPS) is 15.0.